The van der Waals surface area contributed by atoms with E-state index in [1.807, 2.05) is 17.0 Å². The highest BCUT2D eigenvalue weighted by atomic mass is 16.6. The van der Waals surface area contributed by atoms with Crippen LogP contribution in [0.1, 0.15) is 58.9 Å². The van der Waals surface area contributed by atoms with Crippen LogP contribution in [-0.4, -0.2) is 23.1 Å². The standard InChI is InChI=1S/C26H33NO2/c1-5-21(6-2)27(22(7-3)8-4)26(28)29-18-25-23-15-11-9-13-19(23)17-20-14-10-12-16-24(20)25/h9-17,21-22H,5-8,18H2,1-4H3. The molecule has 0 N–H and O–H groups in total. The molecule has 0 aromatic heterocycles. The van der Waals surface area contributed by atoms with Crippen LogP contribution in [0.25, 0.3) is 21.5 Å². The van der Waals surface area contributed by atoms with Crippen LogP contribution in [0.3, 0.4) is 0 Å². The lowest BCUT2D eigenvalue weighted by molar-refractivity contribution is 0.0565. The molecule has 3 heteroatoms. The van der Waals surface area contributed by atoms with E-state index in [4.69, 9.17) is 4.74 Å². The lowest BCUT2D eigenvalue weighted by atomic mass is 9.97. The number of carbonyl (C=O) groups is 1. The summed E-state index contributed by atoms with van der Waals surface area (Å²) in [5.41, 5.74) is 1.08. The van der Waals surface area contributed by atoms with Gasteiger partial charge in [0.2, 0.25) is 0 Å². The maximum Gasteiger partial charge on any atom is 0.410 e. The van der Waals surface area contributed by atoms with Crippen LogP contribution >= 0.6 is 0 Å². The molecule has 0 atom stereocenters. The van der Waals surface area contributed by atoms with Crippen LogP contribution in [0.4, 0.5) is 4.79 Å². The summed E-state index contributed by atoms with van der Waals surface area (Å²) < 4.78 is 5.96. The molecule has 154 valence electrons. The Kier molecular flexibility index (Phi) is 7.13. The van der Waals surface area contributed by atoms with Crippen molar-refractivity contribution >= 4 is 27.6 Å². The Bertz CT molecular complexity index is 891. The first-order valence-electron chi connectivity index (χ1n) is 11.0. The van der Waals surface area contributed by atoms with Gasteiger partial charge in [-0.1, -0.05) is 76.2 Å². The molecule has 3 nitrogen and oxygen atoms in total. The third-order valence-electron chi connectivity index (χ3n) is 6.11. The van der Waals surface area contributed by atoms with Crippen molar-refractivity contribution < 1.29 is 9.53 Å². The molecule has 3 rings (SSSR count). The van der Waals surface area contributed by atoms with Crippen LogP contribution in [0, 0.1) is 0 Å². The van der Waals surface area contributed by atoms with Gasteiger partial charge in [-0.3, -0.25) is 0 Å². The first-order valence-corrected chi connectivity index (χ1v) is 11.0. The van der Waals surface area contributed by atoms with Gasteiger partial charge in [0.25, 0.3) is 0 Å². The number of benzene rings is 3. The zero-order valence-electron chi connectivity index (χ0n) is 18.2. The number of hydrogen-bond acceptors (Lipinski definition) is 2. The van der Waals surface area contributed by atoms with E-state index in [-0.39, 0.29) is 24.8 Å². The van der Waals surface area contributed by atoms with Gasteiger partial charge in [0, 0.05) is 17.6 Å². The Morgan fingerprint density at radius 1 is 0.793 bits per heavy atom. The van der Waals surface area contributed by atoms with Crippen molar-refractivity contribution in [3.8, 4) is 0 Å². The number of fused-ring (bicyclic) bond motifs is 2. The van der Waals surface area contributed by atoms with E-state index >= 15 is 0 Å². The van der Waals surface area contributed by atoms with Crippen LogP contribution in [-0.2, 0) is 11.3 Å². The van der Waals surface area contributed by atoms with Crippen LogP contribution < -0.4 is 0 Å². The van der Waals surface area contributed by atoms with Gasteiger partial charge in [-0.15, -0.1) is 0 Å². The maximum absolute atomic E-state index is 13.2. The molecule has 0 aliphatic heterocycles. The fraction of sp³-hybridized carbons (Fsp3) is 0.423. The third-order valence-corrected chi connectivity index (χ3v) is 6.11. The van der Waals surface area contributed by atoms with Crippen molar-refractivity contribution in [1.82, 2.24) is 4.90 Å². The molecule has 3 aromatic carbocycles. The van der Waals surface area contributed by atoms with E-state index in [1.54, 1.807) is 0 Å². The van der Waals surface area contributed by atoms with Crippen LogP contribution in [0.2, 0.25) is 0 Å². The molecule has 0 aliphatic rings. The number of carbonyl (C=O) groups excluding carboxylic acids is 1. The van der Waals surface area contributed by atoms with Gasteiger partial charge in [-0.2, -0.15) is 0 Å². The van der Waals surface area contributed by atoms with Crippen LogP contribution in [0.5, 0.6) is 0 Å². The molecule has 0 saturated carbocycles. The van der Waals surface area contributed by atoms with Gasteiger partial charge in [0.1, 0.15) is 6.61 Å². The number of hydrogen-bond donors (Lipinski definition) is 0. The highest BCUT2D eigenvalue weighted by Gasteiger charge is 2.28. The van der Waals surface area contributed by atoms with Gasteiger partial charge in [0.05, 0.1) is 0 Å². The molecule has 1 amide bonds. The van der Waals surface area contributed by atoms with E-state index < -0.39 is 0 Å². The highest BCUT2D eigenvalue weighted by Crippen LogP contribution is 2.29. The molecule has 0 fully saturated rings. The Balaban J connectivity index is 1.94. The Labute approximate surface area is 174 Å². The van der Waals surface area contributed by atoms with Crippen LogP contribution in [0.15, 0.2) is 54.6 Å². The highest BCUT2D eigenvalue weighted by molar-refractivity contribution is 6.02. The minimum absolute atomic E-state index is 0.190. The number of nitrogens with zero attached hydrogens (tertiary/aromatic N) is 1. The average Bonchev–Trinajstić information content (AvgIpc) is 2.76. The zero-order valence-corrected chi connectivity index (χ0v) is 18.2. The molecule has 0 spiro atoms. The Morgan fingerprint density at radius 3 is 1.69 bits per heavy atom. The van der Waals surface area contributed by atoms with Gasteiger partial charge >= 0.3 is 6.09 Å². The molecule has 0 radical (unpaired) electrons. The van der Waals surface area contributed by atoms with E-state index in [9.17, 15) is 4.79 Å². The smallest absolute Gasteiger partial charge is 0.410 e. The minimum atomic E-state index is -0.190. The SMILES string of the molecule is CCC(CC)N(C(=O)OCc1c2ccccc2cc2ccccc12)C(CC)CC. The number of amides is 1. The Morgan fingerprint density at radius 2 is 1.24 bits per heavy atom. The second-order valence-electron chi connectivity index (χ2n) is 7.70. The van der Waals surface area contributed by atoms with Crippen molar-refractivity contribution in [3.63, 3.8) is 0 Å². The second kappa shape index (κ2) is 9.78. The van der Waals surface area contributed by atoms with Gasteiger partial charge in [-0.05, 0) is 53.3 Å². The zero-order chi connectivity index (χ0) is 20.8. The summed E-state index contributed by atoms with van der Waals surface area (Å²) >= 11 is 0. The monoisotopic (exact) mass is 391 g/mol. The van der Waals surface area contributed by atoms with Crippen molar-refractivity contribution in [3.05, 3.63) is 60.2 Å². The molecule has 3 aromatic rings. The average molecular weight is 392 g/mol. The maximum atomic E-state index is 13.2. The molecular weight excluding hydrogens is 358 g/mol. The number of rotatable bonds is 8. The Hall–Kier alpha value is -2.55. The number of ether oxygens (including phenoxy) is 1. The summed E-state index contributed by atoms with van der Waals surface area (Å²) in [5.74, 6) is 0. The summed E-state index contributed by atoms with van der Waals surface area (Å²) in [7, 11) is 0. The van der Waals surface area contributed by atoms with Gasteiger partial charge < -0.3 is 9.64 Å². The molecule has 0 saturated heterocycles. The predicted octanol–water partition coefficient (Wildman–Crippen LogP) is 7.31. The second-order valence-corrected chi connectivity index (χ2v) is 7.70. The normalized spacial score (nSPS) is 11.5. The quantitative estimate of drug-likeness (QED) is 0.377. The van der Waals surface area contributed by atoms with E-state index in [0.717, 1.165) is 42.0 Å². The molecule has 0 aliphatic carbocycles. The first kappa shape index (κ1) is 21.2. The largest absolute Gasteiger partial charge is 0.444 e. The van der Waals surface area contributed by atoms with Crippen molar-refractivity contribution in [2.24, 2.45) is 0 Å². The van der Waals surface area contributed by atoms with Crippen molar-refractivity contribution in [1.29, 1.82) is 0 Å². The molecule has 29 heavy (non-hydrogen) atoms. The summed E-state index contributed by atoms with van der Waals surface area (Å²) in [6.07, 6.45) is 3.58. The van der Waals surface area contributed by atoms with Gasteiger partial charge in [0.15, 0.2) is 0 Å². The predicted molar refractivity (Wildman–Crippen MR) is 122 cm³/mol. The van der Waals surface area contributed by atoms with E-state index in [1.165, 1.54) is 10.8 Å². The topological polar surface area (TPSA) is 29.5 Å². The van der Waals surface area contributed by atoms with E-state index in [2.05, 4.69) is 70.2 Å². The molecular formula is C26H33NO2. The fourth-order valence-electron chi connectivity index (χ4n) is 4.43. The summed E-state index contributed by atoms with van der Waals surface area (Å²) in [6, 6.07) is 19.3. The summed E-state index contributed by atoms with van der Waals surface area (Å²) in [4.78, 5) is 15.2. The van der Waals surface area contributed by atoms with Gasteiger partial charge in [-0.25, -0.2) is 4.79 Å². The first-order chi connectivity index (χ1) is 14.1. The minimum Gasteiger partial charge on any atom is -0.444 e. The molecule has 0 unspecified atom stereocenters. The van der Waals surface area contributed by atoms with Crippen molar-refractivity contribution in [2.45, 2.75) is 72.1 Å². The lowest BCUT2D eigenvalue weighted by Gasteiger charge is -2.36. The summed E-state index contributed by atoms with van der Waals surface area (Å²) in [5, 5.41) is 4.65. The van der Waals surface area contributed by atoms with Crippen molar-refractivity contribution in [2.75, 3.05) is 0 Å². The lowest BCUT2D eigenvalue weighted by Crippen LogP contribution is -2.46. The fourth-order valence-corrected chi connectivity index (χ4v) is 4.43. The third kappa shape index (κ3) is 4.39. The summed E-state index contributed by atoms with van der Waals surface area (Å²) in [6.45, 7) is 8.88. The molecule has 0 heterocycles. The van der Waals surface area contributed by atoms with E-state index in [0.29, 0.717) is 0 Å². The molecule has 0 bridgehead atoms.